The number of nitrogens with one attached hydrogen (secondary N) is 1. The van der Waals surface area contributed by atoms with Crippen LogP contribution >= 0.6 is 0 Å². The van der Waals surface area contributed by atoms with Gasteiger partial charge in [-0.1, -0.05) is 20.3 Å². The maximum absolute atomic E-state index is 11.2. The topological polar surface area (TPSA) is 52.6 Å². The second kappa shape index (κ2) is 8.54. The van der Waals surface area contributed by atoms with Gasteiger partial charge in [0.1, 0.15) is 0 Å². The van der Waals surface area contributed by atoms with Gasteiger partial charge in [-0.3, -0.25) is 4.79 Å². The fourth-order valence-corrected chi connectivity index (χ4v) is 2.98. The number of amides is 1. The molecule has 1 aliphatic heterocycles. The maximum Gasteiger partial charge on any atom is 0.217 e. The molecule has 19 heavy (non-hydrogen) atoms. The molecule has 1 heterocycles. The van der Waals surface area contributed by atoms with Gasteiger partial charge in [-0.15, -0.1) is 0 Å². The van der Waals surface area contributed by atoms with E-state index in [1.807, 2.05) is 6.92 Å². The molecule has 3 atom stereocenters. The first-order valence-electron chi connectivity index (χ1n) is 7.72. The van der Waals surface area contributed by atoms with Crippen molar-refractivity contribution in [3.63, 3.8) is 0 Å². The first-order chi connectivity index (χ1) is 9.05. The summed E-state index contributed by atoms with van der Waals surface area (Å²) in [5.41, 5.74) is 0. The largest absolute Gasteiger partial charge is 0.393 e. The first kappa shape index (κ1) is 16.4. The molecule has 1 aliphatic rings. The van der Waals surface area contributed by atoms with E-state index < -0.39 is 0 Å². The minimum absolute atomic E-state index is 0.0529. The Morgan fingerprint density at radius 3 is 2.74 bits per heavy atom. The zero-order chi connectivity index (χ0) is 14.3. The van der Waals surface area contributed by atoms with E-state index in [0.29, 0.717) is 5.92 Å². The van der Waals surface area contributed by atoms with Gasteiger partial charge >= 0.3 is 0 Å². The minimum Gasteiger partial charge on any atom is -0.393 e. The van der Waals surface area contributed by atoms with Crippen LogP contribution in [0.25, 0.3) is 0 Å². The Morgan fingerprint density at radius 1 is 1.42 bits per heavy atom. The van der Waals surface area contributed by atoms with Crippen LogP contribution in [0.1, 0.15) is 52.9 Å². The number of aliphatic hydroxyl groups is 1. The van der Waals surface area contributed by atoms with Crippen molar-refractivity contribution in [2.24, 2.45) is 5.92 Å². The molecule has 0 aliphatic carbocycles. The number of likely N-dealkylation sites (tertiary alicyclic amines) is 1. The highest BCUT2D eigenvalue weighted by Gasteiger charge is 2.28. The number of hydrogen-bond acceptors (Lipinski definition) is 3. The third kappa shape index (κ3) is 6.39. The third-order valence-corrected chi connectivity index (χ3v) is 3.92. The normalized spacial score (nSPS) is 26.1. The lowest BCUT2D eigenvalue weighted by Crippen LogP contribution is -2.51. The summed E-state index contributed by atoms with van der Waals surface area (Å²) in [7, 11) is 0. The predicted molar refractivity (Wildman–Crippen MR) is 78.0 cm³/mol. The number of aliphatic hydroxyl groups excluding tert-OH is 1. The van der Waals surface area contributed by atoms with Crippen LogP contribution in [-0.2, 0) is 4.79 Å². The maximum atomic E-state index is 11.2. The summed E-state index contributed by atoms with van der Waals surface area (Å²) < 4.78 is 0. The van der Waals surface area contributed by atoms with E-state index in [0.717, 1.165) is 38.9 Å². The van der Waals surface area contributed by atoms with E-state index in [4.69, 9.17) is 0 Å². The van der Waals surface area contributed by atoms with Gasteiger partial charge in [-0.05, 0) is 38.1 Å². The molecule has 0 aromatic rings. The number of rotatable bonds is 7. The molecule has 4 nitrogen and oxygen atoms in total. The van der Waals surface area contributed by atoms with Crippen LogP contribution in [0.2, 0.25) is 0 Å². The van der Waals surface area contributed by atoms with Crippen molar-refractivity contribution in [1.82, 2.24) is 10.2 Å². The molecule has 0 saturated carbocycles. The van der Waals surface area contributed by atoms with E-state index in [9.17, 15) is 9.90 Å². The van der Waals surface area contributed by atoms with Gasteiger partial charge in [0, 0.05) is 26.1 Å². The zero-order valence-corrected chi connectivity index (χ0v) is 12.7. The number of unbranched alkanes of at least 4 members (excludes halogenated alkanes) is 1. The van der Waals surface area contributed by atoms with Gasteiger partial charge < -0.3 is 15.3 Å². The summed E-state index contributed by atoms with van der Waals surface area (Å²) in [5, 5.41) is 12.9. The molecule has 0 aromatic heterocycles. The highest BCUT2D eigenvalue weighted by atomic mass is 16.3. The molecule has 2 N–H and O–H groups in total. The molecular weight excluding hydrogens is 240 g/mol. The summed E-state index contributed by atoms with van der Waals surface area (Å²) >= 11 is 0. The molecule has 1 amide bonds. The van der Waals surface area contributed by atoms with Crippen LogP contribution in [0.5, 0.6) is 0 Å². The smallest absolute Gasteiger partial charge is 0.217 e. The van der Waals surface area contributed by atoms with Crippen LogP contribution in [0.4, 0.5) is 0 Å². The molecule has 1 fully saturated rings. The van der Waals surface area contributed by atoms with E-state index in [-0.39, 0.29) is 18.1 Å². The second-order valence-corrected chi connectivity index (χ2v) is 5.91. The van der Waals surface area contributed by atoms with Crippen molar-refractivity contribution in [3.05, 3.63) is 0 Å². The van der Waals surface area contributed by atoms with Crippen molar-refractivity contribution < 1.29 is 9.90 Å². The molecule has 0 spiro atoms. The van der Waals surface area contributed by atoms with Crippen molar-refractivity contribution in [1.29, 1.82) is 0 Å². The van der Waals surface area contributed by atoms with Crippen LogP contribution in [0.15, 0.2) is 0 Å². The van der Waals surface area contributed by atoms with Gasteiger partial charge in [0.05, 0.1) is 6.10 Å². The molecule has 0 aromatic carbocycles. The molecule has 0 bridgehead atoms. The van der Waals surface area contributed by atoms with Gasteiger partial charge in [0.25, 0.3) is 0 Å². The molecule has 4 heteroatoms. The summed E-state index contributed by atoms with van der Waals surface area (Å²) in [6, 6.07) is 0.247. The fraction of sp³-hybridized carbons (Fsp3) is 0.933. The molecule has 3 unspecified atom stereocenters. The average Bonchev–Trinajstić information content (AvgIpc) is 2.35. The predicted octanol–water partition coefficient (Wildman–Crippen LogP) is 1.77. The first-order valence-corrected chi connectivity index (χ1v) is 7.72. The molecule has 0 radical (unpaired) electrons. The van der Waals surface area contributed by atoms with E-state index in [1.54, 1.807) is 6.92 Å². The van der Waals surface area contributed by atoms with Crippen molar-refractivity contribution in [2.45, 2.75) is 65.0 Å². The lowest BCUT2D eigenvalue weighted by atomic mass is 9.88. The van der Waals surface area contributed by atoms with Crippen LogP contribution in [-0.4, -0.2) is 47.7 Å². The quantitative estimate of drug-likeness (QED) is 0.741. The van der Waals surface area contributed by atoms with Crippen molar-refractivity contribution >= 4 is 5.91 Å². The number of hydrogen-bond donors (Lipinski definition) is 2. The standard InChI is InChI=1S/C15H30N2O2/c1-4-6-7-17-10-13(9-15(19)5-2)8-14(11-17)16-12(3)18/h13-15,19H,4-11H2,1-3H3,(H,16,18). The van der Waals surface area contributed by atoms with Gasteiger partial charge in [-0.2, -0.15) is 0 Å². The highest BCUT2D eigenvalue weighted by Crippen LogP contribution is 2.22. The minimum atomic E-state index is -0.200. The summed E-state index contributed by atoms with van der Waals surface area (Å²) in [6.07, 6.45) is 4.87. The Balaban J connectivity index is 2.52. The Kier molecular flexibility index (Phi) is 7.39. The summed E-state index contributed by atoms with van der Waals surface area (Å²) in [6.45, 7) is 8.93. The lowest BCUT2D eigenvalue weighted by Gasteiger charge is -2.38. The molecule has 112 valence electrons. The summed E-state index contributed by atoms with van der Waals surface area (Å²) in [5.74, 6) is 0.550. The third-order valence-electron chi connectivity index (χ3n) is 3.92. The average molecular weight is 270 g/mol. The van der Waals surface area contributed by atoms with Crippen LogP contribution < -0.4 is 5.32 Å². The summed E-state index contributed by atoms with van der Waals surface area (Å²) in [4.78, 5) is 13.7. The zero-order valence-electron chi connectivity index (χ0n) is 12.7. The molecular formula is C15H30N2O2. The number of carbonyl (C=O) groups is 1. The van der Waals surface area contributed by atoms with Crippen LogP contribution in [0, 0.1) is 5.92 Å². The van der Waals surface area contributed by atoms with Crippen molar-refractivity contribution in [3.8, 4) is 0 Å². The fourth-order valence-electron chi connectivity index (χ4n) is 2.98. The SMILES string of the molecule is CCCCN1CC(CC(O)CC)CC(NC(C)=O)C1. The monoisotopic (exact) mass is 270 g/mol. The van der Waals surface area contributed by atoms with E-state index >= 15 is 0 Å². The van der Waals surface area contributed by atoms with Gasteiger partial charge in [-0.25, -0.2) is 0 Å². The van der Waals surface area contributed by atoms with Crippen LogP contribution in [0.3, 0.4) is 0 Å². The molecule has 1 saturated heterocycles. The van der Waals surface area contributed by atoms with E-state index in [1.165, 1.54) is 12.8 Å². The van der Waals surface area contributed by atoms with Gasteiger partial charge in [0.2, 0.25) is 5.91 Å². The van der Waals surface area contributed by atoms with Crippen molar-refractivity contribution in [2.75, 3.05) is 19.6 Å². The molecule has 1 rings (SSSR count). The van der Waals surface area contributed by atoms with Gasteiger partial charge in [0.15, 0.2) is 0 Å². The Bertz CT molecular complexity index is 271. The lowest BCUT2D eigenvalue weighted by molar-refractivity contribution is -0.120. The van der Waals surface area contributed by atoms with E-state index in [2.05, 4.69) is 17.1 Å². The Morgan fingerprint density at radius 2 is 2.16 bits per heavy atom. The number of carbonyl (C=O) groups excluding carboxylic acids is 1. The Hall–Kier alpha value is -0.610. The highest BCUT2D eigenvalue weighted by molar-refractivity contribution is 5.73. The Labute approximate surface area is 117 Å². The second-order valence-electron chi connectivity index (χ2n) is 5.91. The number of nitrogens with zero attached hydrogens (tertiary/aromatic N) is 1. The number of piperidine rings is 1.